The van der Waals surface area contributed by atoms with Crippen molar-refractivity contribution in [2.75, 3.05) is 25.3 Å². The Morgan fingerprint density at radius 2 is 2.00 bits per heavy atom. The maximum Gasteiger partial charge on any atom is 0.142 e. The average Bonchev–Trinajstić information content (AvgIpc) is 2.67. The molecule has 0 bridgehead atoms. The van der Waals surface area contributed by atoms with Gasteiger partial charge >= 0.3 is 0 Å². The van der Waals surface area contributed by atoms with E-state index >= 15 is 0 Å². The minimum atomic E-state index is 0.503. The second-order valence-corrected chi connectivity index (χ2v) is 6.98. The molecule has 3 heterocycles. The Morgan fingerprint density at radius 3 is 2.84 bits per heavy atom. The zero-order valence-corrected chi connectivity index (χ0v) is 14.9. The van der Waals surface area contributed by atoms with Crippen molar-refractivity contribution in [3.8, 4) is 0 Å². The number of benzene rings is 1. The third-order valence-corrected chi connectivity index (χ3v) is 5.33. The van der Waals surface area contributed by atoms with Crippen LogP contribution >= 0.6 is 11.8 Å². The highest BCUT2D eigenvalue weighted by Gasteiger charge is 2.27. The van der Waals surface area contributed by atoms with E-state index in [0.717, 1.165) is 30.2 Å². The van der Waals surface area contributed by atoms with Gasteiger partial charge in [0.05, 0.1) is 12.2 Å². The lowest BCUT2D eigenvalue weighted by molar-refractivity contribution is 0.201. The van der Waals surface area contributed by atoms with Crippen molar-refractivity contribution in [3.63, 3.8) is 0 Å². The van der Waals surface area contributed by atoms with E-state index in [4.69, 9.17) is 4.74 Å². The first-order valence-electron chi connectivity index (χ1n) is 8.32. The van der Waals surface area contributed by atoms with Crippen LogP contribution in [0.1, 0.15) is 11.1 Å². The van der Waals surface area contributed by atoms with Crippen LogP contribution in [0.25, 0.3) is 0 Å². The maximum absolute atomic E-state index is 5.44. The highest BCUT2D eigenvalue weighted by atomic mass is 32.2. The smallest absolute Gasteiger partial charge is 0.142 e. The molecule has 0 atom stereocenters. The molecule has 0 amide bonds. The minimum absolute atomic E-state index is 0.503. The number of hydrogen-bond acceptors (Lipinski definition) is 6. The van der Waals surface area contributed by atoms with Crippen molar-refractivity contribution in [3.05, 3.63) is 64.7 Å². The molecule has 0 saturated heterocycles. The van der Waals surface area contributed by atoms with E-state index in [1.165, 1.54) is 21.7 Å². The lowest BCUT2D eigenvalue weighted by Crippen LogP contribution is -2.38. The minimum Gasteiger partial charge on any atom is -0.364 e. The van der Waals surface area contributed by atoms with E-state index in [0.29, 0.717) is 6.73 Å². The Bertz CT molecular complexity index is 819. The summed E-state index contributed by atoms with van der Waals surface area (Å²) in [4.78, 5) is 12.0. The normalized spacial score (nSPS) is 15.6. The molecule has 25 heavy (non-hydrogen) atoms. The van der Waals surface area contributed by atoms with Gasteiger partial charge in [-0.05, 0) is 48.2 Å². The van der Waals surface area contributed by atoms with E-state index in [1.54, 1.807) is 18.9 Å². The molecule has 0 spiro atoms. The van der Waals surface area contributed by atoms with Gasteiger partial charge in [-0.15, -0.1) is 0 Å². The molecule has 4 rings (SSSR count). The molecule has 0 fully saturated rings. The molecule has 0 saturated carbocycles. The summed E-state index contributed by atoms with van der Waals surface area (Å²) in [6.07, 6.45) is 7.62. The van der Waals surface area contributed by atoms with Gasteiger partial charge in [-0.3, -0.25) is 4.98 Å². The standard InChI is InChI=1S/C19H20N4OS/c1-24-13-23-16-12-15(3-2-14-6-8-20-9-7-14)4-5-17(16)25-19-18(23)21-10-11-22-19/h4-9,11-12,21H,2-3,10,13H2,1H3. The number of rotatable bonds is 5. The second-order valence-electron chi connectivity index (χ2n) is 5.95. The highest BCUT2D eigenvalue weighted by Crippen LogP contribution is 2.44. The molecule has 0 aliphatic carbocycles. The largest absolute Gasteiger partial charge is 0.364 e. The van der Waals surface area contributed by atoms with Gasteiger partial charge in [0.2, 0.25) is 0 Å². The fourth-order valence-electron chi connectivity index (χ4n) is 3.03. The van der Waals surface area contributed by atoms with Crippen LogP contribution < -0.4 is 10.2 Å². The average molecular weight is 352 g/mol. The summed E-state index contributed by atoms with van der Waals surface area (Å²) < 4.78 is 5.44. The molecule has 128 valence electrons. The summed E-state index contributed by atoms with van der Waals surface area (Å²) in [5.74, 6) is 1.04. The number of aliphatic imine (C=N–C) groups is 1. The van der Waals surface area contributed by atoms with Crippen molar-refractivity contribution in [1.29, 1.82) is 0 Å². The highest BCUT2D eigenvalue weighted by molar-refractivity contribution is 8.03. The first-order chi connectivity index (χ1) is 12.3. The summed E-state index contributed by atoms with van der Waals surface area (Å²) in [6, 6.07) is 10.8. The molecule has 0 unspecified atom stereocenters. The monoisotopic (exact) mass is 352 g/mol. The first-order valence-corrected chi connectivity index (χ1v) is 9.13. The van der Waals surface area contributed by atoms with Crippen LogP contribution in [0.3, 0.4) is 0 Å². The number of fused-ring (bicyclic) bond motifs is 1. The van der Waals surface area contributed by atoms with Crippen LogP contribution in [0.15, 0.2) is 63.5 Å². The molecule has 2 aliphatic heterocycles. The third-order valence-electron chi connectivity index (χ3n) is 4.27. The number of aromatic nitrogens is 1. The topological polar surface area (TPSA) is 49.8 Å². The van der Waals surface area contributed by atoms with Gasteiger partial charge < -0.3 is 15.0 Å². The Balaban J connectivity index is 1.59. The van der Waals surface area contributed by atoms with Crippen molar-refractivity contribution >= 4 is 23.7 Å². The number of nitrogens with zero attached hydrogens (tertiary/aromatic N) is 3. The molecule has 2 aromatic rings. The quantitative estimate of drug-likeness (QED) is 0.896. The number of ether oxygens (including phenoxy) is 1. The number of anilines is 1. The van der Waals surface area contributed by atoms with Crippen LogP contribution in [0.5, 0.6) is 0 Å². The van der Waals surface area contributed by atoms with Gasteiger partial charge in [0, 0.05) is 30.6 Å². The lowest BCUT2D eigenvalue weighted by atomic mass is 10.0. The molecule has 2 aliphatic rings. The van der Waals surface area contributed by atoms with Crippen LogP contribution in [0, 0.1) is 0 Å². The Morgan fingerprint density at radius 1 is 1.16 bits per heavy atom. The van der Waals surface area contributed by atoms with Gasteiger partial charge in [-0.2, -0.15) is 0 Å². The summed E-state index contributed by atoms with van der Waals surface area (Å²) >= 11 is 1.71. The van der Waals surface area contributed by atoms with Crippen LogP contribution in [-0.4, -0.2) is 31.6 Å². The number of pyridine rings is 1. The number of aryl methyl sites for hydroxylation is 2. The Labute approximate surface area is 151 Å². The first kappa shape index (κ1) is 16.2. The molecule has 1 aromatic carbocycles. The predicted molar refractivity (Wildman–Crippen MR) is 102 cm³/mol. The predicted octanol–water partition coefficient (Wildman–Crippen LogP) is 3.18. The second kappa shape index (κ2) is 7.29. The van der Waals surface area contributed by atoms with Crippen LogP contribution in [0.2, 0.25) is 0 Å². The van der Waals surface area contributed by atoms with E-state index in [9.17, 15) is 0 Å². The van der Waals surface area contributed by atoms with Crippen molar-refractivity contribution in [2.24, 2.45) is 4.99 Å². The SMILES string of the molecule is COCN1C2=C(N=CCN2)Sc2ccc(CCc3ccncc3)cc21. The summed E-state index contributed by atoms with van der Waals surface area (Å²) in [5, 5.41) is 4.42. The number of methoxy groups -OCH3 is 1. The summed E-state index contributed by atoms with van der Waals surface area (Å²) in [7, 11) is 1.72. The fraction of sp³-hybridized carbons (Fsp3) is 0.263. The van der Waals surface area contributed by atoms with E-state index in [1.807, 2.05) is 18.6 Å². The van der Waals surface area contributed by atoms with Crippen molar-refractivity contribution < 1.29 is 4.74 Å². The molecule has 0 radical (unpaired) electrons. The van der Waals surface area contributed by atoms with Crippen LogP contribution in [0.4, 0.5) is 5.69 Å². The van der Waals surface area contributed by atoms with Gasteiger partial charge in [-0.1, -0.05) is 17.8 Å². The van der Waals surface area contributed by atoms with E-state index < -0.39 is 0 Å². The number of hydrogen-bond donors (Lipinski definition) is 1. The number of nitrogens with one attached hydrogen (secondary N) is 1. The molecule has 5 nitrogen and oxygen atoms in total. The molecule has 6 heteroatoms. The Kier molecular flexibility index (Phi) is 4.72. The molecular weight excluding hydrogens is 332 g/mol. The third kappa shape index (κ3) is 3.41. The number of thioether (sulfide) groups is 1. The summed E-state index contributed by atoms with van der Waals surface area (Å²) in [5.41, 5.74) is 3.81. The van der Waals surface area contributed by atoms with Gasteiger partial charge in [-0.25, -0.2) is 4.99 Å². The van der Waals surface area contributed by atoms with E-state index in [-0.39, 0.29) is 0 Å². The fourth-order valence-corrected chi connectivity index (χ4v) is 4.06. The molecule has 1 N–H and O–H groups in total. The van der Waals surface area contributed by atoms with Gasteiger partial charge in [0.1, 0.15) is 17.6 Å². The van der Waals surface area contributed by atoms with Crippen LogP contribution in [-0.2, 0) is 17.6 Å². The molecule has 1 aromatic heterocycles. The summed E-state index contributed by atoms with van der Waals surface area (Å²) in [6.45, 7) is 1.25. The van der Waals surface area contributed by atoms with Crippen molar-refractivity contribution in [1.82, 2.24) is 10.3 Å². The van der Waals surface area contributed by atoms with E-state index in [2.05, 4.69) is 50.5 Å². The van der Waals surface area contributed by atoms with Crippen molar-refractivity contribution in [2.45, 2.75) is 17.7 Å². The lowest BCUT2D eigenvalue weighted by Gasteiger charge is -2.34. The zero-order valence-electron chi connectivity index (χ0n) is 14.1. The zero-order chi connectivity index (χ0) is 17.1. The van der Waals surface area contributed by atoms with Gasteiger partial charge in [0.15, 0.2) is 0 Å². The van der Waals surface area contributed by atoms with Gasteiger partial charge in [0.25, 0.3) is 0 Å². The Hall–Kier alpha value is -2.31. The maximum atomic E-state index is 5.44. The molecular formula is C19H20N4OS.